The van der Waals surface area contributed by atoms with Crippen LogP contribution in [0.5, 0.6) is 0 Å². The van der Waals surface area contributed by atoms with E-state index in [-0.39, 0.29) is 18.3 Å². The molecule has 0 saturated heterocycles. The van der Waals surface area contributed by atoms with Crippen LogP contribution in [0.3, 0.4) is 0 Å². The highest BCUT2D eigenvalue weighted by Gasteiger charge is 2.20. The number of alkyl carbamates (subject to hydrolysis) is 1. The van der Waals surface area contributed by atoms with Gasteiger partial charge in [0.05, 0.1) is 4.92 Å². The molecule has 1 aliphatic rings. The van der Waals surface area contributed by atoms with Crippen molar-refractivity contribution in [2.75, 3.05) is 0 Å². The first kappa shape index (κ1) is 15.3. The summed E-state index contributed by atoms with van der Waals surface area (Å²) in [6.07, 6.45) is 3.92. The lowest BCUT2D eigenvalue weighted by Gasteiger charge is -2.27. The zero-order valence-electron chi connectivity index (χ0n) is 12.1. The molecule has 1 amide bonds. The number of amides is 1. The first-order valence-electron chi connectivity index (χ1n) is 7.21. The van der Waals surface area contributed by atoms with Crippen LogP contribution in [-0.2, 0) is 11.3 Å². The summed E-state index contributed by atoms with van der Waals surface area (Å²) in [4.78, 5) is 21.8. The van der Waals surface area contributed by atoms with Gasteiger partial charge >= 0.3 is 6.09 Å². The van der Waals surface area contributed by atoms with Crippen molar-refractivity contribution in [3.8, 4) is 0 Å². The lowest BCUT2D eigenvalue weighted by Crippen LogP contribution is -2.38. The summed E-state index contributed by atoms with van der Waals surface area (Å²) in [6, 6.07) is 6.18. The number of nitrogens with one attached hydrogen (secondary N) is 1. The first-order chi connectivity index (χ1) is 10.0. The van der Waals surface area contributed by atoms with E-state index < -0.39 is 11.0 Å². The smallest absolute Gasteiger partial charge is 0.407 e. The van der Waals surface area contributed by atoms with Crippen molar-refractivity contribution in [2.45, 2.75) is 45.3 Å². The first-order valence-corrected chi connectivity index (χ1v) is 7.21. The Hall–Kier alpha value is -2.11. The molecule has 0 unspecified atom stereocenters. The van der Waals surface area contributed by atoms with Crippen LogP contribution in [0, 0.1) is 16.0 Å². The van der Waals surface area contributed by atoms with Crippen molar-refractivity contribution in [1.82, 2.24) is 5.32 Å². The molecule has 21 heavy (non-hydrogen) atoms. The van der Waals surface area contributed by atoms with Gasteiger partial charge in [0, 0.05) is 18.2 Å². The van der Waals surface area contributed by atoms with Gasteiger partial charge in [-0.05, 0) is 36.5 Å². The van der Waals surface area contributed by atoms with E-state index in [1.807, 2.05) is 0 Å². The van der Waals surface area contributed by atoms with Crippen LogP contribution in [0.1, 0.15) is 38.2 Å². The number of carbonyl (C=O) groups is 1. The van der Waals surface area contributed by atoms with Gasteiger partial charge in [-0.1, -0.05) is 19.8 Å². The number of rotatable bonds is 4. The highest BCUT2D eigenvalue weighted by atomic mass is 16.6. The van der Waals surface area contributed by atoms with E-state index in [4.69, 9.17) is 4.74 Å². The predicted octanol–water partition coefficient (Wildman–Crippen LogP) is 3.40. The van der Waals surface area contributed by atoms with Gasteiger partial charge in [-0.2, -0.15) is 0 Å². The van der Waals surface area contributed by atoms with Crippen LogP contribution >= 0.6 is 0 Å². The van der Waals surface area contributed by atoms with Crippen LogP contribution in [0.15, 0.2) is 24.3 Å². The van der Waals surface area contributed by atoms with Gasteiger partial charge in [0.2, 0.25) is 0 Å². The fourth-order valence-electron chi connectivity index (χ4n) is 2.64. The highest BCUT2D eigenvalue weighted by Crippen LogP contribution is 2.23. The van der Waals surface area contributed by atoms with Gasteiger partial charge in [0.15, 0.2) is 0 Å². The van der Waals surface area contributed by atoms with Crippen molar-refractivity contribution < 1.29 is 14.5 Å². The quantitative estimate of drug-likeness (QED) is 0.681. The molecule has 0 bridgehead atoms. The van der Waals surface area contributed by atoms with E-state index >= 15 is 0 Å². The zero-order valence-corrected chi connectivity index (χ0v) is 12.1. The average Bonchev–Trinajstić information content (AvgIpc) is 2.45. The van der Waals surface area contributed by atoms with Crippen molar-refractivity contribution in [3.05, 3.63) is 39.9 Å². The number of nitro benzene ring substituents is 1. The van der Waals surface area contributed by atoms with Gasteiger partial charge < -0.3 is 10.1 Å². The van der Waals surface area contributed by atoms with Gasteiger partial charge in [-0.25, -0.2) is 4.79 Å². The number of nitrogens with zero attached hydrogens (tertiary/aromatic N) is 1. The predicted molar refractivity (Wildman–Crippen MR) is 77.8 cm³/mol. The maximum absolute atomic E-state index is 11.7. The van der Waals surface area contributed by atoms with E-state index in [0.717, 1.165) is 24.8 Å². The van der Waals surface area contributed by atoms with Gasteiger partial charge in [-0.3, -0.25) is 10.1 Å². The van der Waals surface area contributed by atoms with Crippen LogP contribution in [0.2, 0.25) is 0 Å². The summed E-state index contributed by atoms with van der Waals surface area (Å²) in [5.41, 5.74) is 0.757. The Labute approximate surface area is 123 Å². The second-order valence-electron chi connectivity index (χ2n) is 5.61. The lowest BCUT2D eigenvalue weighted by molar-refractivity contribution is -0.384. The standard InChI is InChI=1S/C15H20N2O4/c1-11-3-2-4-13(9-11)16-15(18)21-10-12-5-7-14(8-6-12)17(19)20/h5-8,11,13H,2-4,9-10H2,1H3,(H,16,18)/t11-,13+/m0/s1. The van der Waals surface area contributed by atoms with Crippen molar-refractivity contribution >= 4 is 11.8 Å². The minimum absolute atomic E-state index is 0.0272. The third-order valence-corrected chi connectivity index (χ3v) is 3.78. The SMILES string of the molecule is C[C@H]1CCC[C@@H](NC(=O)OCc2ccc([N+](=O)[O-])cc2)C1. The zero-order chi connectivity index (χ0) is 15.2. The molecule has 1 aromatic carbocycles. The Morgan fingerprint density at radius 2 is 2.10 bits per heavy atom. The Bertz CT molecular complexity index is 501. The molecule has 1 N–H and O–H groups in total. The molecule has 1 fully saturated rings. The van der Waals surface area contributed by atoms with E-state index in [9.17, 15) is 14.9 Å². The Kier molecular flexibility index (Phi) is 5.14. The average molecular weight is 292 g/mol. The number of hydrogen-bond donors (Lipinski definition) is 1. The maximum Gasteiger partial charge on any atom is 0.407 e. The van der Waals surface area contributed by atoms with E-state index in [2.05, 4.69) is 12.2 Å². The van der Waals surface area contributed by atoms with E-state index in [0.29, 0.717) is 5.92 Å². The molecule has 2 rings (SSSR count). The second kappa shape index (κ2) is 7.06. The van der Waals surface area contributed by atoms with Crippen molar-refractivity contribution in [1.29, 1.82) is 0 Å². The summed E-state index contributed by atoms with van der Waals surface area (Å²) >= 11 is 0. The molecule has 1 aliphatic carbocycles. The number of nitro groups is 1. The maximum atomic E-state index is 11.7. The minimum Gasteiger partial charge on any atom is -0.445 e. The van der Waals surface area contributed by atoms with Crippen LogP contribution in [0.25, 0.3) is 0 Å². The van der Waals surface area contributed by atoms with E-state index in [1.54, 1.807) is 12.1 Å². The lowest BCUT2D eigenvalue weighted by atomic mass is 9.87. The Morgan fingerprint density at radius 3 is 2.71 bits per heavy atom. The molecule has 0 aliphatic heterocycles. The van der Waals surface area contributed by atoms with Gasteiger partial charge in [0.1, 0.15) is 6.61 Å². The Balaban J connectivity index is 1.76. The van der Waals surface area contributed by atoms with Crippen molar-refractivity contribution in [3.63, 3.8) is 0 Å². The number of carbonyl (C=O) groups excluding carboxylic acids is 1. The number of ether oxygens (including phenoxy) is 1. The fourth-order valence-corrected chi connectivity index (χ4v) is 2.64. The third-order valence-electron chi connectivity index (χ3n) is 3.78. The molecule has 114 valence electrons. The molecular formula is C15H20N2O4. The molecular weight excluding hydrogens is 272 g/mol. The molecule has 1 aromatic rings. The largest absolute Gasteiger partial charge is 0.445 e. The summed E-state index contributed by atoms with van der Waals surface area (Å²) in [5.74, 6) is 0.638. The molecule has 6 heteroatoms. The molecule has 0 radical (unpaired) electrons. The minimum atomic E-state index is -0.457. The van der Waals surface area contributed by atoms with Gasteiger partial charge in [0.25, 0.3) is 5.69 Å². The second-order valence-corrected chi connectivity index (χ2v) is 5.61. The molecule has 2 atom stereocenters. The number of non-ortho nitro benzene ring substituents is 1. The fraction of sp³-hybridized carbons (Fsp3) is 0.533. The van der Waals surface area contributed by atoms with Crippen LogP contribution in [0.4, 0.5) is 10.5 Å². The third kappa shape index (κ3) is 4.73. The molecule has 0 spiro atoms. The highest BCUT2D eigenvalue weighted by molar-refractivity contribution is 5.67. The molecule has 0 aromatic heterocycles. The summed E-state index contributed by atoms with van der Waals surface area (Å²) in [5, 5.41) is 13.4. The normalized spacial score (nSPS) is 21.6. The van der Waals surface area contributed by atoms with Crippen molar-refractivity contribution in [2.24, 2.45) is 5.92 Å². The number of hydrogen-bond acceptors (Lipinski definition) is 4. The van der Waals surface area contributed by atoms with Crippen LogP contribution in [-0.4, -0.2) is 17.1 Å². The molecule has 0 heterocycles. The van der Waals surface area contributed by atoms with E-state index in [1.165, 1.54) is 18.6 Å². The summed E-state index contributed by atoms with van der Waals surface area (Å²) in [6.45, 7) is 2.31. The Morgan fingerprint density at radius 1 is 1.38 bits per heavy atom. The monoisotopic (exact) mass is 292 g/mol. The van der Waals surface area contributed by atoms with Crippen LogP contribution < -0.4 is 5.32 Å². The van der Waals surface area contributed by atoms with Gasteiger partial charge in [-0.15, -0.1) is 0 Å². The summed E-state index contributed by atoms with van der Waals surface area (Å²) < 4.78 is 5.15. The molecule has 6 nitrogen and oxygen atoms in total. The number of benzene rings is 1. The summed E-state index contributed by atoms with van der Waals surface area (Å²) in [7, 11) is 0. The molecule has 1 saturated carbocycles. The topological polar surface area (TPSA) is 81.5 Å².